The first kappa shape index (κ1) is 25.1. The number of hydrogen-bond donors (Lipinski definition) is 2. The maximum Gasteiger partial charge on any atom is 0.235 e. The number of hydrogen-bond acceptors (Lipinski definition) is 5. The lowest BCUT2D eigenvalue weighted by Crippen LogP contribution is -2.39. The first-order chi connectivity index (χ1) is 17.8. The molecule has 192 valence electrons. The van der Waals surface area contributed by atoms with Crippen LogP contribution in [0.25, 0.3) is 22.2 Å². The van der Waals surface area contributed by atoms with Gasteiger partial charge in [-0.15, -0.1) is 11.3 Å². The molecule has 1 aromatic carbocycles. The predicted molar refractivity (Wildman–Crippen MR) is 149 cm³/mol. The molecule has 1 saturated heterocycles. The number of rotatable bonds is 6. The molecule has 0 saturated carbocycles. The van der Waals surface area contributed by atoms with Gasteiger partial charge in [0.2, 0.25) is 11.8 Å². The molecule has 1 fully saturated rings. The lowest BCUT2D eigenvalue weighted by Gasteiger charge is -2.32. The fraction of sp³-hybridized carbons (Fsp3) is 0.379. The minimum Gasteiger partial charge on any atom is -0.354 e. The van der Waals surface area contributed by atoms with Crippen molar-refractivity contribution >= 4 is 39.2 Å². The number of carbonyl (C=O) groups is 2. The van der Waals surface area contributed by atoms with Gasteiger partial charge in [-0.25, -0.2) is 4.98 Å². The monoisotopic (exact) mass is 515 g/mol. The number of aryl methyl sites for hydroxylation is 2. The zero-order valence-corrected chi connectivity index (χ0v) is 22.6. The summed E-state index contributed by atoms with van der Waals surface area (Å²) in [4.78, 5) is 39.0. The van der Waals surface area contributed by atoms with E-state index in [0.29, 0.717) is 30.1 Å². The number of piperidine rings is 1. The largest absolute Gasteiger partial charge is 0.354 e. The number of benzene rings is 1. The third-order valence-electron chi connectivity index (χ3n) is 7.12. The molecule has 0 radical (unpaired) electrons. The van der Waals surface area contributed by atoms with Crippen LogP contribution in [0, 0.1) is 13.8 Å². The normalized spacial score (nSPS) is 14.5. The minimum atomic E-state index is -0.309. The number of H-pyrrole nitrogens is 1. The Morgan fingerprint density at radius 3 is 2.51 bits per heavy atom. The summed E-state index contributed by atoms with van der Waals surface area (Å²) in [6, 6.07) is 11.1. The summed E-state index contributed by atoms with van der Waals surface area (Å²) in [5, 5.41) is 6.28. The molecule has 37 heavy (non-hydrogen) atoms. The van der Waals surface area contributed by atoms with Crippen molar-refractivity contribution in [3.8, 4) is 11.3 Å². The Morgan fingerprint density at radius 1 is 1.14 bits per heavy atom. The molecule has 2 N–H and O–H groups in total. The van der Waals surface area contributed by atoms with Crippen molar-refractivity contribution in [2.45, 2.75) is 58.8 Å². The number of pyridine rings is 1. The molecule has 0 spiro atoms. The number of nitrogens with zero attached hydrogens (tertiary/aromatic N) is 3. The van der Waals surface area contributed by atoms with Crippen molar-refractivity contribution < 1.29 is 9.59 Å². The third kappa shape index (κ3) is 5.44. The van der Waals surface area contributed by atoms with Gasteiger partial charge >= 0.3 is 0 Å². The maximum absolute atomic E-state index is 12.7. The van der Waals surface area contributed by atoms with E-state index in [1.165, 1.54) is 39.1 Å². The molecule has 4 heterocycles. The molecule has 8 heteroatoms. The second-order valence-electron chi connectivity index (χ2n) is 10.2. The van der Waals surface area contributed by atoms with E-state index in [1.807, 2.05) is 18.7 Å². The molecule has 0 aliphatic carbocycles. The summed E-state index contributed by atoms with van der Waals surface area (Å²) in [5.41, 5.74) is 8.19. The van der Waals surface area contributed by atoms with Gasteiger partial charge in [0.1, 0.15) is 6.42 Å². The van der Waals surface area contributed by atoms with Crippen molar-refractivity contribution in [2.24, 2.45) is 0 Å². The average molecular weight is 516 g/mol. The number of fused-ring (bicyclic) bond motifs is 1. The molecule has 1 aliphatic heterocycles. The number of aromatic amines is 1. The summed E-state index contributed by atoms with van der Waals surface area (Å²) in [6.45, 7) is 9.89. The lowest BCUT2D eigenvalue weighted by atomic mass is 9.87. The van der Waals surface area contributed by atoms with Crippen molar-refractivity contribution in [3.63, 3.8) is 0 Å². The van der Waals surface area contributed by atoms with Crippen molar-refractivity contribution in [1.29, 1.82) is 0 Å². The molecule has 0 unspecified atom stereocenters. The van der Waals surface area contributed by atoms with E-state index >= 15 is 0 Å². The van der Waals surface area contributed by atoms with Crippen LogP contribution in [-0.4, -0.2) is 44.8 Å². The summed E-state index contributed by atoms with van der Waals surface area (Å²) in [6.07, 6.45) is 3.27. The highest BCUT2D eigenvalue weighted by atomic mass is 32.1. The van der Waals surface area contributed by atoms with Crippen LogP contribution in [0.15, 0.2) is 41.9 Å². The van der Waals surface area contributed by atoms with Crippen LogP contribution in [0.4, 0.5) is 5.13 Å². The number of carbonyl (C=O) groups excluding carboxylic acids is 2. The van der Waals surface area contributed by atoms with Crippen LogP contribution in [0.2, 0.25) is 0 Å². The van der Waals surface area contributed by atoms with Gasteiger partial charge in [-0.3, -0.25) is 14.6 Å². The van der Waals surface area contributed by atoms with E-state index in [1.54, 1.807) is 11.6 Å². The molecule has 2 amide bonds. The zero-order valence-electron chi connectivity index (χ0n) is 21.8. The topological polar surface area (TPSA) is 91.0 Å². The fourth-order valence-electron chi connectivity index (χ4n) is 5.45. The number of amides is 2. The zero-order chi connectivity index (χ0) is 26.1. The summed E-state index contributed by atoms with van der Waals surface area (Å²) in [7, 11) is 0. The number of anilines is 1. The molecule has 7 nitrogen and oxygen atoms in total. The Labute approximate surface area is 221 Å². The van der Waals surface area contributed by atoms with E-state index in [0.717, 1.165) is 29.7 Å². The van der Waals surface area contributed by atoms with Crippen LogP contribution in [0.3, 0.4) is 0 Å². The number of likely N-dealkylation sites (tertiary alicyclic amines) is 1. The van der Waals surface area contributed by atoms with Gasteiger partial charge in [-0.1, -0.05) is 19.9 Å². The highest BCUT2D eigenvalue weighted by molar-refractivity contribution is 7.13. The first-order valence-corrected chi connectivity index (χ1v) is 13.7. The molecule has 0 atom stereocenters. The molecule has 1 aliphatic rings. The smallest absolute Gasteiger partial charge is 0.235 e. The second kappa shape index (κ2) is 10.5. The molecule has 0 bridgehead atoms. The molecular weight excluding hydrogens is 482 g/mol. The van der Waals surface area contributed by atoms with Crippen molar-refractivity contribution in [2.75, 3.05) is 18.4 Å². The molecule has 4 aromatic rings. The van der Waals surface area contributed by atoms with Gasteiger partial charge in [0, 0.05) is 52.5 Å². The van der Waals surface area contributed by atoms with E-state index in [2.05, 4.69) is 64.4 Å². The third-order valence-corrected chi connectivity index (χ3v) is 7.81. The van der Waals surface area contributed by atoms with E-state index in [9.17, 15) is 9.59 Å². The van der Waals surface area contributed by atoms with E-state index < -0.39 is 0 Å². The molecule has 3 aromatic heterocycles. The Bertz CT molecular complexity index is 1410. The average Bonchev–Trinajstić information content (AvgIpc) is 3.50. The Morgan fingerprint density at radius 2 is 1.86 bits per heavy atom. The summed E-state index contributed by atoms with van der Waals surface area (Å²) < 4.78 is 0. The highest BCUT2D eigenvalue weighted by Gasteiger charge is 2.26. The Kier molecular flexibility index (Phi) is 7.11. The summed E-state index contributed by atoms with van der Waals surface area (Å²) >= 11 is 1.34. The van der Waals surface area contributed by atoms with Crippen LogP contribution in [0.1, 0.15) is 67.5 Å². The van der Waals surface area contributed by atoms with Gasteiger partial charge in [-0.2, -0.15) is 0 Å². The standard InChI is InChI=1S/C29H33N5O2S/c1-17(2)27-23-15-21(5-6-24(23)32-28(27)22-13-18(3)31-19(4)14-22)20-7-10-34(11-8-20)26(36)16-25(35)33-29-30-9-12-37-29/h5-6,9,12-15,17,20,32H,7-8,10-11,16H2,1-4H3,(H,30,33,35). The molecular formula is C29H33N5O2S. The van der Waals surface area contributed by atoms with Crippen molar-refractivity contribution in [3.05, 3.63) is 64.4 Å². The fourth-order valence-corrected chi connectivity index (χ4v) is 6.00. The van der Waals surface area contributed by atoms with Crippen molar-refractivity contribution in [1.82, 2.24) is 19.9 Å². The van der Waals surface area contributed by atoms with Crippen LogP contribution in [-0.2, 0) is 9.59 Å². The number of thiazole rings is 1. The van der Waals surface area contributed by atoms with Gasteiger partial charge in [0.05, 0.1) is 5.69 Å². The van der Waals surface area contributed by atoms with Crippen LogP contribution >= 0.6 is 11.3 Å². The van der Waals surface area contributed by atoms with Gasteiger partial charge in [-0.05, 0) is 73.9 Å². The number of nitrogens with one attached hydrogen (secondary N) is 2. The Hall–Kier alpha value is -3.52. The SMILES string of the molecule is Cc1cc(-c2[nH]c3ccc(C4CCN(C(=O)CC(=O)Nc5nccs5)CC4)cc3c2C(C)C)cc(C)n1. The summed E-state index contributed by atoms with van der Waals surface area (Å²) in [5.74, 6) is 0.323. The highest BCUT2D eigenvalue weighted by Crippen LogP contribution is 2.38. The predicted octanol–water partition coefficient (Wildman–Crippen LogP) is 6.16. The van der Waals surface area contributed by atoms with Crippen LogP contribution in [0.5, 0.6) is 0 Å². The lowest BCUT2D eigenvalue weighted by molar-refractivity contribution is -0.135. The quantitative estimate of drug-likeness (QED) is 0.301. The Balaban J connectivity index is 1.31. The second-order valence-corrected chi connectivity index (χ2v) is 11.1. The van der Waals surface area contributed by atoms with Crippen LogP contribution < -0.4 is 5.32 Å². The van der Waals surface area contributed by atoms with Gasteiger partial charge in [0.25, 0.3) is 0 Å². The molecule has 5 rings (SSSR count). The maximum atomic E-state index is 12.7. The number of aromatic nitrogens is 3. The first-order valence-electron chi connectivity index (χ1n) is 12.9. The van der Waals surface area contributed by atoms with E-state index in [4.69, 9.17) is 0 Å². The minimum absolute atomic E-state index is 0.122. The van der Waals surface area contributed by atoms with Gasteiger partial charge in [0.15, 0.2) is 5.13 Å². The van der Waals surface area contributed by atoms with E-state index in [-0.39, 0.29) is 18.2 Å². The van der Waals surface area contributed by atoms with Gasteiger partial charge < -0.3 is 15.2 Å².